The number of aliphatic hydroxyl groups is 1. The number of allylic oxidation sites excluding steroid dienone is 2. The highest BCUT2D eigenvalue weighted by atomic mass is 19.4. The SMILES string of the molecule is COc1n[nH]c2ncc(N3CC[C@@H](N(C)C(=O)NC4=CC(C(F)(F)F)=CN(C)C4O)[C@@H](F)C3)cc12. The van der Waals surface area contributed by atoms with Crippen molar-refractivity contribution in [3.8, 4) is 5.88 Å². The number of ether oxygens (including phenoxy) is 1. The van der Waals surface area contributed by atoms with Crippen LogP contribution in [0.5, 0.6) is 5.88 Å². The number of likely N-dealkylation sites (N-methyl/N-ethyl adjacent to an activating group) is 1. The van der Waals surface area contributed by atoms with Crippen LogP contribution in [0.2, 0.25) is 0 Å². The van der Waals surface area contributed by atoms with Gasteiger partial charge in [-0.2, -0.15) is 13.2 Å². The van der Waals surface area contributed by atoms with Crippen molar-refractivity contribution in [2.45, 2.75) is 31.0 Å². The van der Waals surface area contributed by atoms with Crippen LogP contribution in [0, 0.1) is 0 Å². The molecule has 4 rings (SSSR count). The Morgan fingerprint density at radius 3 is 2.80 bits per heavy atom. The molecule has 3 atom stereocenters. The average Bonchev–Trinajstić information content (AvgIpc) is 3.23. The Kier molecular flexibility index (Phi) is 6.49. The predicted molar refractivity (Wildman–Crippen MR) is 118 cm³/mol. The monoisotopic (exact) mass is 499 g/mol. The van der Waals surface area contributed by atoms with Crippen LogP contribution in [0.4, 0.5) is 28.0 Å². The number of nitrogens with one attached hydrogen (secondary N) is 2. The van der Waals surface area contributed by atoms with Crippen LogP contribution in [0.15, 0.2) is 35.8 Å². The summed E-state index contributed by atoms with van der Waals surface area (Å²) in [6, 6.07) is 0.149. The fourth-order valence-electron chi connectivity index (χ4n) is 4.17. The minimum Gasteiger partial charge on any atom is -0.479 e. The van der Waals surface area contributed by atoms with Crippen molar-refractivity contribution < 1.29 is 32.2 Å². The van der Waals surface area contributed by atoms with E-state index in [9.17, 15) is 23.1 Å². The Morgan fingerprint density at radius 2 is 2.14 bits per heavy atom. The molecule has 1 saturated heterocycles. The number of H-pyrrole nitrogens is 1. The number of amides is 2. The quantitative estimate of drug-likeness (QED) is 0.553. The zero-order valence-corrected chi connectivity index (χ0v) is 19.2. The number of alkyl halides is 4. The summed E-state index contributed by atoms with van der Waals surface area (Å²) in [7, 11) is 4.09. The maximum absolute atomic E-state index is 15.2. The van der Waals surface area contributed by atoms with Gasteiger partial charge in [0.1, 0.15) is 6.17 Å². The van der Waals surface area contributed by atoms with E-state index in [0.717, 1.165) is 16.0 Å². The standard InChI is InChI=1S/C21H25F4N7O3/c1-30-9-11(21(23,24)25)6-15(19(30)33)27-20(34)31(2)16-4-5-32(10-14(16)22)12-7-13-17(26-8-12)28-29-18(13)35-3/h6-9,14,16,19,33H,4-5,10H2,1-3H3,(H,27,34)(H,26,28,29)/t14-,16+,19?/m0/s1. The molecule has 2 aliphatic rings. The van der Waals surface area contributed by atoms with Crippen molar-refractivity contribution in [1.82, 2.24) is 30.3 Å². The number of methoxy groups -OCH3 is 1. The summed E-state index contributed by atoms with van der Waals surface area (Å²) in [5, 5.41) is 19.9. The van der Waals surface area contributed by atoms with Gasteiger partial charge in [-0.15, -0.1) is 5.10 Å². The molecule has 0 aromatic carbocycles. The first kappa shape index (κ1) is 24.6. The highest BCUT2D eigenvalue weighted by Crippen LogP contribution is 2.32. The number of aliphatic hydroxyl groups excluding tert-OH is 1. The fraction of sp³-hybridized carbons (Fsp3) is 0.476. The van der Waals surface area contributed by atoms with E-state index < -0.39 is 36.2 Å². The second kappa shape index (κ2) is 9.24. The Hall–Kier alpha value is -3.55. The van der Waals surface area contributed by atoms with Crippen LogP contribution in [-0.2, 0) is 0 Å². The van der Waals surface area contributed by atoms with E-state index in [1.165, 1.54) is 21.2 Å². The number of nitrogens with zero attached hydrogens (tertiary/aromatic N) is 5. The largest absolute Gasteiger partial charge is 0.479 e. The molecule has 2 aromatic rings. The lowest BCUT2D eigenvalue weighted by molar-refractivity contribution is -0.0911. The summed E-state index contributed by atoms with van der Waals surface area (Å²) < 4.78 is 59.7. The minimum absolute atomic E-state index is 0.0232. The third kappa shape index (κ3) is 4.83. The highest BCUT2D eigenvalue weighted by Gasteiger charge is 2.38. The normalized spacial score (nSPS) is 23.1. The van der Waals surface area contributed by atoms with Crippen molar-refractivity contribution in [3.05, 3.63) is 35.8 Å². The molecule has 1 fully saturated rings. The van der Waals surface area contributed by atoms with Crippen molar-refractivity contribution >= 4 is 22.8 Å². The number of hydrogen-bond donors (Lipinski definition) is 3. The number of carbonyl (C=O) groups is 1. The molecule has 10 nitrogen and oxygen atoms in total. The fourth-order valence-corrected chi connectivity index (χ4v) is 4.17. The summed E-state index contributed by atoms with van der Waals surface area (Å²) in [5.41, 5.74) is -0.183. The maximum atomic E-state index is 15.2. The number of halogens is 4. The van der Waals surface area contributed by atoms with Gasteiger partial charge in [-0.1, -0.05) is 0 Å². The van der Waals surface area contributed by atoms with Gasteiger partial charge in [0.15, 0.2) is 11.9 Å². The molecule has 0 radical (unpaired) electrons. The second-order valence-electron chi connectivity index (χ2n) is 8.40. The molecule has 14 heteroatoms. The number of urea groups is 1. The molecule has 0 aliphatic carbocycles. The van der Waals surface area contributed by atoms with Gasteiger partial charge in [0, 0.05) is 26.8 Å². The van der Waals surface area contributed by atoms with Crippen LogP contribution in [0.3, 0.4) is 0 Å². The lowest BCUT2D eigenvalue weighted by Gasteiger charge is -2.40. The Morgan fingerprint density at radius 1 is 1.40 bits per heavy atom. The molecule has 35 heavy (non-hydrogen) atoms. The molecule has 1 unspecified atom stereocenters. The average molecular weight is 499 g/mol. The van der Waals surface area contributed by atoms with Gasteiger partial charge < -0.3 is 29.9 Å². The van der Waals surface area contributed by atoms with E-state index in [4.69, 9.17) is 4.74 Å². The molecular formula is C21H25F4N7O3. The van der Waals surface area contributed by atoms with Crippen LogP contribution < -0.4 is 15.0 Å². The van der Waals surface area contributed by atoms with Crippen molar-refractivity contribution in [3.63, 3.8) is 0 Å². The first-order valence-electron chi connectivity index (χ1n) is 10.7. The van der Waals surface area contributed by atoms with E-state index in [-0.39, 0.29) is 18.7 Å². The van der Waals surface area contributed by atoms with E-state index in [1.54, 1.807) is 17.2 Å². The van der Waals surface area contributed by atoms with Crippen molar-refractivity contribution in [1.29, 1.82) is 0 Å². The number of anilines is 1. The van der Waals surface area contributed by atoms with Gasteiger partial charge in [-0.25, -0.2) is 14.2 Å². The minimum atomic E-state index is -4.66. The van der Waals surface area contributed by atoms with Gasteiger partial charge >= 0.3 is 12.2 Å². The van der Waals surface area contributed by atoms with Crippen LogP contribution in [0.25, 0.3) is 11.0 Å². The van der Waals surface area contributed by atoms with E-state index in [2.05, 4.69) is 20.5 Å². The van der Waals surface area contributed by atoms with E-state index in [1.807, 2.05) is 0 Å². The molecule has 190 valence electrons. The van der Waals surface area contributed by atoms with Crippen LogP contribution >= 0.6 is 0 Å². The van der Waals surface area contributed by atoms with Crippen molar-refractivity contribution in [2.75, 3.05) is 39.2 Å². The van der Waals surface area contributed by atoms with Gasteiger partial charge in [-0.3, -0.25) is 5.10 Å². The molecule has 0 bridgehead atoms. The first-order chi connectivity index (χ1) is 16.5. The summed E-state index contributed by atoms with van der Waals surface area (Å²) in [4.78, 5) is 20.8. The zero-order chi connectivity index (χ0) is 25.5. The summed E-state index contributed by atoms with van der Waals surface area (Å²) in [6.45, 7) is 0.385. The highest BCUT2D eigenvalue weighted by molar-refractivity contribution is 5.83. The number of piperidine rings is 1. The maximum Gasteiger partial charge on any atom is 0.417 e. The van der Waals surface area contributed by atoms with Crippen molar-refractivity contribution in [2.24, 2.45) is 0 Å². The van der Waals surface area contributed by atoms with Crippen LogP contribution in [0.1, 0.15) is 6.42 Å². The number of hydrogen-bond acceptors (Lipinski definition) is 7. The molecule has 3 N–H and O–H groups in total. The number of pyridine rings is 1. The summed E-state index contributed by atoms with van der Waals surface area (Å²) in [6.07, 6.45) is -4.33. The van der Waals surface area contributed by atoms with Gasteiger partial charge in [0.05, 0.1) is 48.2 Å². The molecule has 2 aromatic heterocycles. The molecule has 0 saturated carbocycles. The van der Waals surface area contributed by atoms with Gasteiger partial charge in [-0.05, 0) is 18.6 Å². The summed E-state index contributed by atoms with van der Waals surface area (Å²) >= 11 is 0. The number of carbonyl (C=O) groups excluding carboxylic acids is 1. The van der Waals surface area contributed by atoms with E-state index >= 15 is 4.39 Å². The number of fused-ring (bicyclic) bond motifs is 1. The lowest BCUT2D eigenvalue weighted by atomic mass is 10.0. The molecule has 4 heterocycles. The third-order valence-corrected chi connectivity index (χ3v) is 6.15. The smallest absolute Gasteiger partial charge is 0.417 e. The lowest BCUT2D eigenvalue weighted by Crippen LogP contribution is -2.55. The van der Waals surface area contributed by atoms with Gasteiger partial charge in [0.25, 0.3) is 0 Å². The van der Waals surface area contributed by atoms with E-state index in [0.29, 0.717) is 35.2 Å². The number of aromatic amines is 1. The molecule has 2 amide bonds. The molecule has 2 aliphatic heterocycles. The second-order valence-corrected chi connectivity index (χ2v) is 8.40. The first-order valence-corrected chi connectivity index (χ1v) is 10.7. The number of aromatic nitrogens is 3. The van der Waals surface area contributed by atoms with Crippen LogP contribution in [-0.4, -0.2) is 95.0 Å². The third-order valence-electron chi connectivity index (χ3n) is 6.15. The Balaban J connectivity index is 1.43. The van der Waals surface area contributed by atoms with Gasteiger partial charge in [0.2, 0.25) is 5.88 Å². The molecular weight excluding hydrogens is 474 g/mol. The molecule has 0 spiro atoms. The Labute approximate surface area is 197 Å². The predicted octanol–water partition coefficient (Wildman–Crippen LogP) is 2.12. The zero-order valence-electron chi connectivity index (χ0n) is 19.2. The topological polar surface area (TPSA) is 110 Å². The number of rotatable bonds is 4. The Bertz CT molecular complexity index is 1170. The summed E-state index contributed by atoms with van der Waals surface area (Å²) in [5.74, 6) is 0.366.